The van der Waals surface area contributed by atoms with Crippen LogP contribution in [0.1, 0.15) is 71.6 Å². The van der Waals surface area contributed by atoms with Gasteiger partial charge >= 0.3 is 0 Å². The monoisotopic (exact) mass is 223 g/mol. The van der Waals surface area contributed by atoms with E-state index in [1.54, 1.807) is 0 Å². The average molecular weight is 223 g/mol. The number of nitrogens with one attached hydrogen (secondary N) is 1. The summed E-state index contributed by atoms with van der Waals surface area (Å²) < 4.78 is 0. The van der Waals surface area contributed by atoms with Gasteiger partial charge < -0.3 is 5.32 Å². The van der Waals surface area contributed by atoms with Gasteiger partial charge in [-0.3, -0.25) is 0 Å². The molecule has 0 aliphatic heterocycles. The van der Waals surface area contributed by atoms with Gasteiger partial charge in [0.25, 0.3) is 0 Å². The predicted molar refractivity (Wildman–Crippen MR) is 70.6 cm³/mol. The Morgan fingerprint density at radius 3 is 2.44 bits per heavy atom. The van der Waals surface area contributed by atoms with Crippen LogP contribution in [0.5, 0.6) is 0 Å². The fourth-order valence-electron chi connectivity index (χ4n) is 3.46. The molecule has 0 radical (unpaired) electrons. The fourth-order valence-corrected chi connectivity index (χ4v) is 3.46. The first-order valence-corrected chi connectivity index (χ1v) is 7.48. The lowest BCUT2D eigenvalue weighted by Crippen LogP contribution is -2.44. The summed E-state index contributed by atoms with van der Waals surface area (Å²) in [7, 11) is 0. The molecule has 1 atom stereocenters. The van der Waals surface area contributed by atoms with Crippen molar-refractivity contribution < 1.29 is 0 Å². The molecule has 1 N–H and O–H groups in total. The van der Waals surface area contributed by atoms with E-state index in [0.29, 0.717) is 5.41 Å². The van der Waals surface area contributed by atoms with Crippen LogP contribution in [0.3, 0.4) is 0 Å². The summed E-state index contributed by atoms with van der Waals surface area (Å²) in [5.74, 6) is 1.09. The number of hydrogen-bond donors (Lipinski definition) is 1. The third-order valence-electron chi connectivity index (χ3n) is 4.85. The molecule has 0 amide bonds. The summed E-state index contributed by atoms with van der Waals surface area (Å²) >= 11 is 0. The van der Waals surface area contributed by atoms with Gasteiger partial charge in [0.1, 0.15) is 0 Å². The minimum absolute atomic E-state index is 0.600. The highest BCUT2D eigenvalue weighted by atomic mass is 14.9. The Morgan fingerprint density at radius 1 is 1.19 bits per heavy atom. The molecule has 2 saturated carbocycles. The number of rotatable bonds is 6. The summed E-state index contributed by atoms with van der Waals surface area (Å²) in [6.45, 7) is 5.94. The van der Waals surface area contributed by atoms with Crippen LogP contribution in [0.15, 0.2) is 0 Å². The molecule has 1 heteroatoms. The van der Waals surface area contributed by atoms with Crippen LogP contribution in [-0.4, -0.2) is 12.6 Å². The largest absolute Gasteiger partial charge is 0.314 e. The van der Waals surface area contributed by atoms with Crippen LogP contribution in [0, 0.1) is 11.3 Å². The second-order valence-corrected chi connectivity index (χ2v) is 6.35. The molecule has 94 valence electrons. The fraction of sp³-hybridized carbons (Fsp3) is 1.00. The molecular formula is C15H29N. The van der Waals surface area contributed by atoms with Crippen molar-refractivity contribution in [3.05, 3.63) is 0 Å². The van der Waals surface area contributed by atoms with Gasteiger partial charge in [-0.2, -0.15) is 0 Å². The van der Waals surface area contributed by atoms with E-state index < -0.39 is 0 Å². The van der Waals surface area contributed by atoms with Crippen molar-refractivity contribution in [2.24, 2.45) is 11.3 Å². The van der Waals surface area contributed by atoms with E-state index in [0.717, 1.165) is 18.5 Å². The zero-order chi connectivity index (χ0) is 11.4. The van der Waals surface area contributed by atoms with E-state index in [-0.39, 0.29) is 0 Å². The van der Waals surface area contributed by atoms with Gasteiger partial charge in [-0.15, -0.1) is 0 Å². The first-order chi connectivity index (χ1) is 7.74. The minimum atomic E-state index is 0.600. The highest BCUT2D eigenvalue weighted by Gasteiger charge is 2.35. The van der Waals surface area contributed by atoms with E-state index in [2.05, 4.69) is 19.2 Å². The SMILES string of the molecule is CCNC(CCC1CC1)C1(C)CCCCC1. The molecule has 2 fully saturated rings. The Kier molecular flexibility index (Phi) is 4.29. The Balaban J connectivity index is 1.86. The van der Waals surface area contributed by atoms with E-state index >= 15 is 0 Å². The third-order valence-corrected chi connectivity index (χ3v) is 4.85. The molecule has 0 aromatic carbocycles. The van der Waals surface area contributed by atoms with Crippen LogP contribution in [0.2, 0.25) is 0 Å². The summed E-state index contributed by atoms with van der Waals surface area (Å²) in [4.78, 5) is 0. The van der Waals surface area contributed by atoms with Crippen molar-refractivity contribution in [1.29, 1.82) is 0 Å². The molecule has 1 nitrogen and oxygen atoms in total. The van der Waals surface area contributed by atoms with Gasteiger partial charge in [0.05, 0.1) is 0 Å². The first-order valence-electron chi connectivity index (χ1n) is 7.48. The van der Waals surface area contributed by atoms with Crippen LogP contribution < -0.4 is 5.32 Å². The van der Waals surface area contributed by atoms with Gasteiger partial charge in [-0.1, -0.05) is 46.0 Å². The molecule has 0 aromatic rings. The smallest absolute Gasteiger partial charge is 0.0121 e. The van der Waals surface area contributed by atoms with Crippen LogP contribution in [0.4, 0.5) is 0 Å². The highest BCUT2D eigenvalue weighted by molar-refractivity contribution is 4.91. The van der Waals surface area contributed by atoms with Gasteiger partial charge in [-0.25, -0.2) is 0 Å². The van der Waals surface area contributed by atoms with E-state index in [1.807, 2.05) is 0 Å². The summed E-state index contributed by atoms with van der Waals surface area (Å²) in [5, 5.41) is 3.78. The van der Waals surface area contributed by atoms with Gasteiger partial charge in [0.15, 0.2) is 0 Å². The van der Waals surface area contributed by atoms with Crippen LogP contribution in [0.25, 0.3) is 0 Å². The summed E-state index contributed by atoms with van der Waals surface area (Å²) in [6, 6.07) is 0.790. The molecule has 1 unspecified atom stereocenters. The molecule has 2 aliphatic carbocycles. The maximum Gasteiger partial charge on any atom is 0.0121 e. The van der Waals surface area contributed by atoms with Crippen LogP contribution in [-0.2, 0) is 0 Å². The Morgan fingerprint density at radius 2 is 1.88 bits per heavy atom. The molecule has 2 rings (SSSR count). The van der Waals surface area contributed by atoms with Crippen molar-refractivity contribution in [2.75, 3.05) is 6.54 Å². The van der Waals surface area contributed by atoms with Gasteiger partial charge in [0, 0.05) is 6.04 Å². The second kappa shape index (κ2) is 5.53. The summed E-state index contributed by atoms with van der Waals surface area (Å²) in [6.07, 6.45) is 13.2. The van der Waals surface area contributed by atoms with Crippen molar-refractivity contribution in [3.63, 3.8) is 0 Å². The predicted octanol–water partition coefficient (Wildman–Crippen LogP) is 4.13. The van der Waals surface area contributed by atoms with Gasteiger partial charge in [0.2, 0.25) is 0 Å². The average Bonchev–Trinajstić information content (AvgIpc) is 3.09. The molecule has 0 heterocycles. The van der Waals surface area contributed by atoms with Crippen LogP contribution >= 0.6 is 0 Å². The van der Waals surface area contributed by atoms with E-state index in [9.17, 15) is 0 Å². The van der Waals surface area contributed by atoms with Crippen molar-refractivity contribution >= 4 is 0 Å². The molecular weight excluding hydrogens is 194 g/mol. The van der Waals surface area contributed by atoms with Crippen molar-refractivity contribution in [2.45, 2.75) is 77.7 Å². The minimum Gasteiger partial charge on any atom is -0.314 e. The molecule has 2 aliphatic rings. The van der Waals surface area contributed by atoms with Crippen molar-refractivity contribution in [1.82, 2.24) is 5.32 Å². The third kappa shape index (κ3) is 3.23. The zero-order valence-electron chi connectivity index (χ0n) is 11.2. The quantitative estimate of drug-likeness (QED) is 0.714. The normalized spacial score (nSPS) is 26.6. The van der Waals surface area contributed by atoms with Gasteiger partial charge in [-0.05, 0) is 43.6 Å². The number of hydrogen-bond acceptors (Lipinski definition) is 1. The standard InChI is InChI=1S/C15H29N/c1-3-16-14(10-9-13-7-8-13)15(2)11-5-4-6-12-15/h13-14,16H,3-12H2,1-2H3. The lowest BCUT2D eigenvalue weighted by molar-refractivity contribution is 0.136. The Labute approximate surface area is 101 Å². The Bertz CT molecular complexity index is 201. The molecule has 0 aromatic heterocycles. The van der Waals surface area contributed by atoms with Crippen molar-refractivity contribution in [3.8, 4) is 0 Å². The molecule has 16 heavy (non-hydrogen) atoms. The first kappa shape index (κ1) is 12.4. The maximum absolute atomic E-state index is 3.78. The lowest BCUT2D eigenvalue weighted by Gasteiger charge is -2.41. The maximum atomic E-state index is 3.78. The Hall–Kier alpha value is -0.0400. The zero-order valence-corrected chi connectivity index (χ0v) is 11.2. The molecule has 0 bridgehead atoms. The molecule has 0 saturated heterocycles. The summed E-state index contributed by atoms with van der Waals surface area (Å²) in [5.41, 5.74) is 0.600. The highest BCUT2D eigenvalue weighted by Crippen LogP contribution is 2.42. The van der Waals surface area contributed by atoms with E-state index in [4.69, 9.17) is 0 Å². The van der Waals surface area contributed by atoms with E-state index in [1.165, 1.54) is 57.8 Å². The molecule has 0 spiro atoms. The lowest BCUT2D eigenvalue weighted by atomic mass is 9.69. The second-order valence-electron chi connectivity index (χ2n) is 6.35. The topological polar surface area (TPSA) is 12.0 Å².